The molecule has 0 aliphatic heterocycles. The Morgan fingerprint density at radius 2 is 1.93 bits per heavy atom. The number of aromatic nitrogens is 1. The Labute approximate surface area is 83.8 Å². The lowest BCUT2D eigenvalue weighted by atomic mass is 9.94. The molecule has 2 N–H and O–H groups in total. The van der Waals surface area contributed by atoms with Gasteiger partial charge in [-0.2, -0.15) is 0 Å². The Bertz CT molecular complexity index is 455. The fourth-order valence-electron chi connectivity index (χ4n) is 1.49. The first-order valence-electron chi connectivity index (χ1n) is 4.70. The van der Waals surface area contributed by atoms with Crippen LogP contribution in [-0.4, -0.2) is 4.98 Å². The average molecular weight is 186 g/mol. The fourth-order valence-corrected chi connectivity index (χ4v) is 1.49. The number of hydrogen-bond donors (Lipinski definition) is 1. The van der Waals surface area contributed by atoms with Crippen molar-refractivity contribution >= 4 is 10.8 Å². The summed E-state index contributed by atoms with van der Waals surface area (Å²) in [6, 6.07) is 8.26. The monoisotopic (exact) mass is 186 g/mol. The second-order valence-electron chi connectivity index (χ2n) is 4.16. The van der Waals surface area contributed by atoms with Gasteiger partial charge < -0.3 is 5.73 Å². The summed E-state index contributed by atoms with van der Waals surface area (Å²) in [4.78, 5) is 4.10. The summed E-state index contributed by atoms with van der Waals surface area (Å²) in [7, 11) is 0. The number of nitrogens with two attached hydrogens (primary N) is 1. The molecule has 0 aliphatic carbocycles. The number of rotatable bonds is 1. The van der Waals surface area contributed by atoms with Crippen molar-refractivity contribution in [1.29, 1.82) is 0 Å². The van der Waals surface area contributed by atoms with Gasteiger partial charge in [0.15, 0.2) is 0 Å². The molecule has 0 unspecified atom stereocenters. The molecule has 14 heavy (non-hydrogen) atoms. The second kappa shape index (κ2) is 3.07. The number of hydrogen-bond acceptors (Lipinski definition) is 2. The van der Waals surface area contributed by atoms with E-state index in [-0.39, 0.29) is 5.54 Å². The van der Waals surface area contributed by atoms with E-state index in [1.165, 1.54) is 5.39 Å². The molecule has 1 aromatic heterocycles. The van der Waals surface area contributed by atoms with Crippen LogP contribution in [0.1, 0.15) is 19.4 Å². The molecular weight excluding hydrogens is 172 g/mol. The largest absolute Gasteiger partial charge is 0.322 e. The van der Waals surface area contributed by atoms with Gasteiger partial charge in [0.25, 0.3) is 0 Å². The molecule has 0 radical (unpaired) electrons. The zero-order chi connectivity index (χ0) is 10.2. The molecule has 0 aliphatic rings. The Balaban J connectivity index is 2.63. The predicted octanol–water partition coefficient (Wildman–Crippen LogP) is 2.43. The Morgan fingerprint density at radius 3 is 2.64 bits per heavy atom. The third-order valence-electron chi connectivity index (χ3n) is 2.38. The molecule has 2 heteroatoms. The highest BCUT2D eigenvalue weighted by Crippen LogP contribution is 2.21. The van der Waals surface area contributed by atoms with Crippen molar-refractivity contribution in [1.82, 2.24) is 4.98 Å². The van der Waals surface area contributed by atoms with E-state index in [9.17, 15) is 0 Å². The van der Waals surface area contributed by atoms with Crippen molar-refractivity contribution in [3.63, 3.8) is 0 Å². The topological polar surface area (TPSA) is 38.9 Å². The number of fused-ring (bicyclic) bond motifs is 1. The lowest BCUT2D eigenvalue weighted by molar-refractivity contribution is 0.555. The molecular formula is C12H14N2. The first-order valence-corrected chi connectivity index (χ1v) is 4.70. The standard InChI is InChI=1S/C12H14N2/c1-12(2,13)11-4-3-9-5-6-14-8-10(9)7-11/h3-8H,13H2,1-2H3. The summed E-state index contributed by atoms with van der Waals surface area (Å²) in [5.74, 6) is 0. The van der Waals surface area contributed by atoms with Crippen LogP contribution in [0.25, 0.3) is 10.8 Å². The van der Waals surface area contributed by atoms with Crippen LogP contribution in [0.4, 0.5) is 0 Å². The second-order valence-corrected chi connectivity index (χ2v) is 4.16. The van der Waals surface area contributed by atoms with Gasteiger partial charge in [-0.05, 0) is 36.9 Å². The maximum absolute atomic E-state index is 6.03. The van der Waals surface area contributed by atoms with Gasteiger partial charge in [0.05, 0.1) is 0 Å². The van der Waals surface area contributed by atoms with E-state index in [4.69, 9.17) is 5.73 Å². The van der Waals surface area contributed by atoms with Crippen LogP contribution in [-0.2, 0) is 5.54 Å². The van der Waals surface area contributed by atoms with Gasteiger partial charge in [-0.1, -0.05) is 12.1 Å². The average Bonchev–Trinajstić information content (AvgIpc) is 2.16. The number of nitrogens with zero attached hydrogens (tertiary/aromatic N) is 1. The maximum atomic E-state index is 6.03. The van der Waals surface area contributed by atoms with Gasteiger partial charge in [0, 0.05) is 23.3 Å². The molecule has 72 valence electrons. The minimum Gasteiger partial charge on any atom is -0.322 e. The quantitative estimate of drug-likeness (QED) is 0.742. The van der Waals surface area contributed by atoms with Crippen molar-refractivity contribution < 1.29 is 0 Å². The Kier molecular flexibility index (Phi) is 2.01. The molecule has 0 atom stereocenters. The van der Waals surface area contributed by atoms with E-state index in [1.54, 1.807) is 6.20 Å². The van der Waals surface area contributed by atoms with Crippen molar-refractivity contribution in [3.05, 3.63) is 42.2 Å². The SMILES string of the molecule is CC(C)(N)c1ccc2ccncc2c1. The van der Waals surface area contributed by atoms with Gasteiger partial charge in [-0.15, -0.1) is 0 Å². The maximum Gasteiger partial charge on any atom is 0.0352 e. The van der Waals surface area contributed by atoms with Crippen molar-refractivity contribution in [2.45, 2.75) is 19.4 Å². The molecule has 0 amide bonds. The molecule has 0 saturated heterocycles. The van der Waals surface area contributed by atoms with Crippen LogP contribution >= 0.6 is 0 Å². The van der Waals surface area contributed by atoms with E-state index < -0.39 is 0 Å². The molecule has 2 nitrogen and oxygen atoms in total. The van der Waals surface area contributed by atoms with E-state index in [2.05, 4.69) is 23.2 Å². The minimum absolute atomic E-state index is 0.288. The summed E-state index contributed by atoms with van der Waals surface area (Å²) in [5.41, 5.74) is 6.88. The molecule has 2 rings (SSSR count). The molecule has 1 heterocycles. The molecule has 0 spiro atoms. The molecule has 0 bridgehead atoms. The number of pyridine rings is 1. The number of benzene rings is 1. The van der Waals surface area contributed by atoms with Gasteiger partial charge in [-0.3, -0.25) is 4.98 Å². The Hall–Kier alpha value is -1.41. The third kappa shape index (κ3) is 1.61. The Morgan fingerprint density at radius 1 is 1.14 bits per heavy atom. The minimum atomic E-state index is -0.288. The first-order chi connectivity index (χ1) is 6.57. The molecule has 0 fully saturated rings. The van der Waals surface area contributed by atoms with Gasteiger partial charge in [0.2, 0.25) is 0 Å². The highest BCUT2D eigenvalue weighted by atomic mass is 14.7. The fraction of sp³-hybridized carbons (Fsp3) is 0.250. The van der Waals surface area contributed by atoms with E-state index >= 15 is 0 Å². The van der Waals surface area contributed by atoms with Crippen LogP contribution in [0.2, 0.25) is 0 Å². The van der Waals surface area contributed by atoms with Crippen LogP contribution in [0.5, 0.6) is 0 Å². The predicted molar refractivity (Wildman–Crippen MR) is 59.0 cm³/mol. The van der Waals surface area contributed by atoms with Crippen LogP contribution in [0.15, 0.2) is 36.7 Å². The first kappa shape index (κ1) is 9.16. The van der Waals surface area contributed by atoms with E-state index in [1.807, 2.05) is 26.1 Å². The van der Waals surface area contributed by atoms with E-state index in [0.717, 1.165) is 10.9 Å². The van der Waals surface area contributed by atoms with E-state index in [0.29, 0.717) is 0 Å². The van der Waals surface area contributed by atoms with Gasteiger partial charge in [-0.25, -0.2) is 0 Å². The third-order valence-corrected chi connectivity index (χ3v) is 2.38. The summed E-state index contributed by atoms with van der Waals surface area (Å²) >= 11 is 0. The van der Waals surface area contributed by atoms with Crippen molar-refractivity contribution in [2.75, 3.05) is 0 Å². The molecule has 2 aromatic rings. The zero-order valence-corrected chi connectivity index (χ0v) is 8.49. The normalized spacial score (nSPS) is 11.9. The summed E-state index contributed by atoms with van der Waals surface area (Å²) in [6.45, 7) is 4.01. The van der Waals surface area contributed by atoms with Crippen molar-refractivity contribution in [2.24, 2.45) is 5.73 Å². The van der Waals surface area contributed by atoms with Gasteiger partial charge >= 0.3 is 0 Å². The zero-order valence-electron chi connectivity index (χ0n) is 8.49. The van der Waals surface area contributed by atoms with Crippen LogP contribution in [0, 0.1) is 0 Å². The highest BCUT2D eigenvalue weighted by Gasteiger charge is 2.13. The lowest BCUT2D eigenvalue weighted by Crippen LogP contribution is -2.28. The summed E-state index contributed by atoms with van der Waals surface area (Å²) in [6.07, 6.45) is 3.67. The highest BCUT2D eigenvalue weighted by molar-refractivity contribution is 5.82. The lowest BCUT2D eigenvalue weighted by Gasteiger charge is -2.19. The van der Waals surface area contributed by atoms with Crippen LogP contribution in [0.3, 0.4) is 0 Å². The van der Waals surface area contributed by atoms with Crippen LogP contribution < -0.4 is 5.73 Å². The molecule has 0 saturated carbocycles. The smallest absolute Gasteiger partial charge is 0.0352 e. The summed E-state index contributed by atoms with van der Waals surface area (Å²) < 4.78 is 0. The van der Waals surface area contributed by atoms with Gasteiger partial charge in [0.1, 0.15) is 0 Å². The summed E-state index contributed by atoms with van der Waals surface area (Å²) in [5, 5.41) is 2.34. The van der Waals surface area contributed by atoms with Crippen molar-refractivity contribution in [3.8, 4) is 0 Å². The molecule has 1 aromatic carbocycles.